The molecule has 6 heteroatoms. The first-order valence-electron chi connectivity index (χ1n) is 8.07. The van der Waals surface area contributed by atoms with Crippen LogP contribution in [-0.2, 0) is 10.2 Å². The van der Waals surface area contributed by atoms with Gasteiger partial charge in [-0.15, -0.1) is 0 Å². The third-order valence-electron chi connectivity index (χ3n) is 4.67. The van der Waals surface area contributed by atoms with E-state index in [-0.39, 0.29) is 17.1 Å². The maximum absolute atomic E-state index is 13.3. The molecule has 1 saturated heterocycles. The predicted octanol–water partition coefficient (Wildman–Crippen LogP) is 4.61. The highest BCUT2D eigenvalue weighted by atomic mass is 35.5. The van der Waals surface area contributed by atoms with Crippen LogP contribution in [0.4, 0.5) is 4.39 Å². The van der Waals surface area contributed by atoms with Crippen LogP contribution in [0.25, 0.3) is 0 Å². The van der Waals surface area contributed by atoms with E-state index in [2.05, 4.69) is 5.32 Å². The number of benzene rings is 2. The molecule has 132 valence electrons. The lowest BCUT2D eigenvalue weighted by molar-refractivity contribution is 0.0487. The van der Waals surface area contributed by atoms with Crippen LogP contribution >= 0.6 is 23.2 Å². The van der Waals surface area contributed by atoms with Gasteiger partial charge in [0.05, 0.1) is 10.6 Å². The average molecular weight is 382 g/mol. The van der Waals surface area contributed by atoms with E-state index in [9.17, 15) is 9.18 Å². The Kier molecular flexibility index (Phi) is 5.62. The summed E-state index contributed by atoms with van der Waals surface area (Å²) in [4.78, 5) is 12.5. The van der Waals surface area contributed by atoms with E-state index in [1.54, 1.807) is 30.3 Å². The number of hydrogen-bond acceptors (Lipinski definition) is 2. The molecule has 2 aromatic rings. The van der Waals surface area contributed by atoms with Gasteiger partial charge in [-0.05, 0) is 48.7 Å². The van der Waals surface area contributed by atoms with Gasteiger partial charge in [-0.1, -0.05) is 35.3 Å². The van der Waals surface area contributed by atoms with Gasteiger partial charge in [-0.2, -0.15) is 0 Å². The third-order valence-corrected chi connectivity index (χ3v) is 5.23. The summed E-state index contributed by atoms with van der Waals surface area (Å²) in [5, 5.41) is 3.76. The zero-order valence-corrected chi connectivity index (χ0v) is 15.0. The number of rotatable bonds is 4. The van der Waals surface area contributed by atoms with E-state index in [0.29, 0.717) is 35.4 Å². The van der Waals surface area contributed by atoms with Crippen molar-refractivity contribution in [3.63, 3.8) is 0 Å². The van der Waals surface area contributed by atoms with Crippen LogP contribution in [0.1, 0.15) is 28.8 Å². The first-order chi connectivity index (χ1) is 12.0. The predicted molar refractivity (Wildman–Crippen MR) is 96.9 cm³/mol. The largest absolute Gasteiger partial charge is 0.381 e. The molecule has 0 atom stereocenters. The highest BCUT2D eigenvalue weighted by molar-refractivity contribution is 6.35. The molecule has 0 saturated carbocycles. The Balaban J connectivity index is 1.80. The molecule has 2 aromatic carbocycles. The van der Waals surface area contributed by atoms with Gasteiger partial charge in [0.2, 0.25) is 0 Å². The Morgan fingerprint density at radius 3 is 2.48 bits per heavy atom. The van der Waals surface area contributed by atoms with Crippen molar-refractivity contribution in [2.24, 2.45) is 0 Å². The molecule has 1 heterocycles. The molecular weight excluding hydrogens is 364 g/mol. The third kappa shape index (κ3) is 4.14. The number of carbonyl (C=O) groups is 1. The lowest BCUT2D eigenvalue weighted by Crippen LogP contribution is -2.44. The zero-order valence-electron chi connectivity index (χ0n) is 13.5. The lowest BCUT2D eigenvalue weighted by Gasteiger charge is -2.38. The first kappa shape index (κ1) is 18.2. The molecule has 0 unspecified atom stereocenters. The molecule has 0 radical (unpaired) electrons. The van der Waals surface area contributed by atoms with Crippen LogP contribution in [0.5, 0.6) is 0 Å². The van der Waals surface area contributed by atoms with E-state index in [1.807, 2.05) is 0 Å². The molecule has 1 N–H and O–H groups in total. The number of ether oxygens (including phenoxy) is 1. The Bertz CT molecular complexity index is 759. The number of carbonyl (C=O) groups excluding carboxylic acids is 1. The standard InChI is InChI=1S/C19H18Cl2FNO2/c20-14-3-6-17(21)16(11-14)18(24)23-12-19(7-9-25-10-8-19)13-1-4-15(22)5-2-13/h1-6,11H,7-10,12H2,(H,23,24). The molecule has 3 rings (SSSR count). The van der Waals surface area contributed by atoms with Gasteiger partial charge in [-0.25, -0.2) is 4.39 Å². The highest BCUT2D eigenvalue weighted by Gasteiger charge is 2.35. The summed E-state index contributed by atoms with van der Waals surface area (Å²) < 4.78 is 18.7. The van der Waals surface area contributed by atoms with E-state index < -0.39 is 0 Å². The molecule has 0 spiro atoms. The van der Waals surface area contributed by atoms with Crippen molar-refractivity contribution in [2.75, 3.05) is 19.8 Å². The van der Waals surface area contributed by atoms with Crippen molar-refractivity contribution < 1.29 is 13.9 Å². The Hall–Kier alpha value is -1.62. The van der Waals surface area contributed by atoms with Gasteiger partial charge in [-0.3, -0.25) is 4.79 Å². The fraction of sp³-hybridized carbons (Fsp3) is 0.316. The van der Waals surface area contributed by atoms with Crippen molar-refractivity contribution >= 4 is 29.1 Å². The number of amides is 1. The number of halogens is 3. The van der Waals surface area contributed by atoms with Gasteiger partial charge >= 0.3 is 0 Å². The van der Waals surface area contributed by atoms with E-state index in [4.69, 9.17) is 27.9 Å². The summed E-state index contributed by atoms with van der Waals surface area (Å²) in [6, 6.07) is 11.2. The Morgan fingerprint density at radius 2 is 1.80 bits per heavy atom. The Labute approximate surface area is 156 Å². The molecular formula is C19H18Cl2FNO2. The second-order valence-electron chi connectivity index (χ2n) is 6.21. The lowest BCUT2D eigenvalue weighted by atomic mass is 9.74. The molecule has 1 aliphatic rings. The van der Waals surface area contributed by atoms with Crippen molar-refractivity contribution in [1.29, 1.82) is 0 Å². The number of hydrogen-bond donors (Lipinski definition) is 1. The molecule has 3 nitrogen and oxygen atoms in total. The second kappa shape index (κ2) is 7.73. The van der Waals surface area contributed by atoms with Crippen LogP contribution in [0.2, 0.25) is 10.0 Å². The topological polar surface area (TPSA) is 38.3 Å². The zero-order chi connectivity index (χ0) is 17.9. The van der Waals surface area contributed by atoms with Crippen LogP contribution in [0.15, 0.2) is 42.5 Å². The summed E-state index contributed by atoms with van der Waals surface area (Å²) in [6.45, 7) is 1.63. The second-order valence-corrected chi connectivity index (χ2v) is 7.05. The van der Waals surface area contributed by atoms with Crippen molar-refractivity contribution in [3.05, 3.63) is 69.5 Å². The number of nitrogens with one attached hydrogen (secondary N) is 1. The molecule has 1 aliphatic heterocycles. The first-order valence-corrected chi connectivity index (χ1v) is 8.83. The van der Waals surface area contributed by atoms with E-state index in [0.717, 1.165) is 18.4 Å². The molecule has 0 aromatic heterocycles. The van der Waals surface area contributed by atoms with Gasteiger partial charge < -0.3 is 10.1 Å². The Morgan fingerprint density at radius 1 is 1.12 bits per heavy atom. The molecule has 1 fully saturated rings. The summed E-state index contributed by atoms with van der Waals surface area (Å²) in [6.07, 6.45) is 1.50. The van der Waals surface area contributed by atoms with Crippen molar-refractivity contribution in [1.82, 2.24) is 5.32 Å². The summed E-state index contributed by atoms with van der Waals surface area (Å²) in [5.74, 6) is -0.554. The van der Waals surface area contributed by atoms with Crippen LogP contribution < -0.4 is 5.32 Å². The smallest absolute Gasteiger partial charge is 0.252 e. The average Bonchev–Trinajstić information content (AvgIpc) is 2.63. The van der Waals surface area contributed by atoms with Gasteiger partial charge in [0.1, 0.15) is 5.82 Å². The van der Waals surface area contributed by atoms with Crippen LogP contribution in [0.3, 0.4) is 0 Å². The summed E-state index contributed by atoms with van der Waals surface area (Å²) >= 11 is 12.1. The van der Waals surface area contributed by atoms with Gasteiger partial charge in [0, 0.05) is 30.2 Å². The fourth-order valence-electron chi connectivity index (χ4n) is 3.15. The minimum Gasteiger partial charge on any atom is -0.381 e. The molecule has 1 amide bonds. The van der Waals surface area contributed by atoms with Crippen molar-refractivity contribution in [2.45, 2.75) is 18.3 Å². The van der Waals surface area contributed by atoms with E-state index >= 15 is 0 Å². The van der Waals surface area contributed by atoms with Crippen LogP contribution in [-0.4, -0.2) is 25.7 Å². The maximum Gasteiger partial charge on any atom is 0.252 e. The highest BCUT2D eigenvalue weighted by Crippen LogP contribution is 2.34. The van der Waals surface area contributed by atoms with E-state index in [1.165, 1.54) is 12.1 Å². The normalized spacial score (nSPS) is 16.4. The minimum absolute atomic E-state index is 0.277. The van der Waals surface area contributed by atoms with Gasteiger partial charge in [0.15, 0.2) is 0 Å². The quantitative estimate of drug-likeness (QED) is 0.839. The van der Waals surface area contributed by atoms with Gasteiger partial charge in [0.25, 0.3) is 5.91 Å². The molecule has 25 heavy (non-hydrogen) atoms. The molecule has 0 bridgehead atoms. The maximum atomic E-state index is 13.3. The molecule has 0 aliphatic carbocycles. The summed E-state index contributed by atoms with van der Waals surface area (Å²) in [7, 11) is 0. The van der Waals surface area contributed by atoms with Crippen LogP contribution in [0, 0.1) is 5.82 Å². The monoisotopic (exact) mass is 381 g/mol. The minimum atomic E-state index is -0.285. The van der Waals surface area contributed by atoms with Crippen molar-refractivity contribution in [3.8, 4) is 0 Å². The SMILES string of the molecule is O=C(NCC1(c2ccc(F)cc2)CCOCC1)c1cc(Cl)ccc1Cl. The summed E-state index contributed by atoms with van der Waals surface area (Å²) in [5.41, 5.74) is 1.05. The fourth-order valence-corrected chi connectivity index (χ4v) is 3.52.